The highest BCUT2D eigenvalue weighted by molar-refractivity contribution is 5.50. The number of fused-ring (bicyclic) bond motifs is 2. The summed E-state index contributed by atoms with van der Waals surface area (Å²) in [6, 6.07) is 16.8. The molecule has 6 heterocycles. The lowest BCUT2D eigenvalue weighted by Gasteiger charge is -2.35. The maximum atomic E-state index is 11.0. The molecule has 4 aliphatic heterocycles. The van der Waals surface area contributed by atoms with Crippen molar-refractivity contribution in [2.75, 3.05) is 62.4 Å². The molecule has 2 unspecified atom stereocenters. The van der Waals surface area contributed by atoms with Crippen molar-refractivity contribution < 1.29 is 33.5 Å². The molecule has 55 heavy (non-hydrogen) atoms. The highest BCUT2D eigenvalue weighted by Gasteiger charge is 2.42. The van der Waals surface area contributed by atoms with Gasteiger partial charge in [-0.25, -0.2) is 0 Å². The quantitative estimate of drug-likeness (QED) is 0.117. The van der Waals surface area contributed by atoms with Gasteiger partial charge >= 0.3 is 23.7 Å². The van der Waals surface area contributed by atoms with E-state index in [1.165, 1.54) is 23.8 Å². The Morgan fingerprint density at radius 2 is 1.05 bits per heavy atom. The van der Waals surface area contributed by atoms with Gasteiger partial charge in [0.2, 0.25) is 0 Å². The SMILES string of the molecule is CC1(COc2ccc(N3CCC(COCC4CCN(c5ccc(OCC6(C)Cn7cc([N+](=O)[O-])nc7O6)cc5)CC4)CC3)cc2)Cn2cc([N+](=O)[O-])nc2O1. The standard InChI is InChI=1S/C38H46N8O9/c1-37(23-43-19-33(45(47)48)39-35(43)54-37)25-52-31-7-3-29(4-8-31)41-15-11-27(12-16-41)21-51-22-28-13-17-42(18-14-28)30-5-9-32(10-6-30)53-26-38(2)24-44-20-34(46(49)50)40-36(44)55-38/h3-10,19-20,27-28H,11-18,21-26H2,1-2H3. The zero-order valence-electron chi connectivity index (χ0n) is 31.1. The van der Waals surface area contributed by atoms with Crippen LogP contribution in [0.3, 0.4) is 0 Å². The normalized spacial score (nSPS) is 22.5. The molecule has 0 saturated carbocycles. The summed E-state index contributed by atoms with van der Waals surface area (Å²) < 4.78 is 33.4. The van der Waals surface area contributed by atoms with Gasteiger partial charge in [0.05, 0.1) is 13.1 Å². The number of nitrogens with zero attached hydrogens (tertiary/aromatic N) is 8. The van der Waals surface area contributed by atoms with Gasteiger partial charge in [0, 0.05) is 60.7 Å². The van der Waals surface area contributed by atoms with Gasteiger partial charge in [0.1, 0.15) is 37.1 Å². The van der Waals surface area contributed by atoms with Gasteiger partial charge in [0.15, 0.2) is 11.2 Å². The van der Waals surface area contributed by atoms with Crippen molar-refractivity contribution in [1.29, 1.82) is 0 Å². The molecule has 17 nitrogen and oxygen atoms in total. The number of rotatable bonds is 14. The molecule has 292 valence electrons. The van der Waals surface area contributed by atoms with Crippen molar-refractivity contribution in [3.63, 3.8) is 0 Å². The predicted molar refractivity (Wildman–Crippen MR) is 200 cm³/mol. The molecular formula is C38H46N8O9. The van der Waals surface area contributed by atoms with Crippen LogP contribution in [0, 0.1) is 32.1 Å². The molecule has 0 N–H and O–H groups in total. The summed E-state index contributed by atoms with van der Waals surface area (Å²) in [6.07, 6.45) is 7.18. The third-order valence-corrected chi connectivity index (χ3v) is 10.9. The zero-order chi connectivity index (χ0) is 38.2. The van der Waals surface area contributed by atoms with Crippen LogP contribution in [0.4, 0.5) is 23.0 Å². The van der Waals surface area contributed by atoms with E-state index in [-0.39, 0.29) is 23.7 Å². The van der Waals surface area contributed by atoms with Crippen LogP contribution in [0.2, 0.25) is 0 Å². The van der Waals surface area contributed by atoms with Crippen LogP contribution in [0.25, 0.3) is 0 Å². The molecule has 2 atom stereocenters. The Balaban J connectivity index is 0.697. The van der Waals surface area contributed by atoms with Gasteiger partial charge in [-0.05, 0) is 110 Å². The molecule has 0 bridgehead atoms. The Morgan fingerprint density at radius 1 is 0.673 bits per heavy atom. The summed E-state index contributed by atoms with van der Waals surface area (Å²) >= 11 is 0. The fourth-order valence-electron chi connectivity index (χ4n) is 7.81. The van der Waals surface area contributed by atoms with Crippen molar-refractivity contribution in [2.45, 2.75) is 63.8 Å². The largest absolute Gasteiger partial charge is 0.489 e. The lowest BCUT2D eigenvalue weighted by atomic mass is 9.96. The number of anilines is 2. The Labute approximate surface area is 318 Å². The number of hydrogen-bond acceptors (Lipinski definition) is 13. The molecule has 2 fully saturated rings. The fraction of sp³-hybridized carbons (Fsp3) is 0.526. The average Bonchev–Trinajstić information content (AvgIpc) is 3.92. The van der Waals surface area contributed by atoms with Crippen LogP contribution in [0.15, 0.2) is 60.9 Å². The third kappa shape index (κ3) is 8.26. The van der Waals surface area contributed by atoms with Gasteiger partial charge in [-0.15, -0.1) is 0 Å². The topological polar surface area (TPSA) is 175 Å². The predicted octanol–water partition coefficient (Wildman–Crippen LogP) is 5.51. The Bertz CT molecular complexity index is 1790. The second-order valence-electron chi connectivity index (χ2n) is 15.6. The lowest BCUT2D eigenvalue weighted by molar-refractivity contribution is -0.389. The van der Waals surface area contributed by atoms with E-state index < -0.39 is 21.0 Å². The maximum absolute atomic E-state index is 11.0. The van der Waals surface area contributed by atoms with Crippen LogP contribution in [0.5, 0.6) is 23.5 Å². The number of benzene rings is 2. The molecule has 0 aliphatic carbocycles. The fourth-order valence-corrected chi connectivity index (χ4v) is 7.81. The highest BCUT2D eigenvalue weighted by atomic mass is 16.6. The number of piperidine rings is 2. The van der Waals surface area contributed by atoms with E-state index in [0.29, 0.717) is 38.1 Å². The molecule has 17 heteroatoms. The number of imidazole rings is 2. The van der Waals surface area contributed by atoms with E-state index in [9.17, 15) is 20.2 Å². The number of aromatic nitrogens is 4. The molecule has 0 radical (unpaired) electrons. The third-order valence-electron chi connectivity index (χ3n) is 10.9. The number of nitro groups is 2. The minimum atomic E-state index is -0.652. The first kappa shape index (κ1) is 36.4. The summed E-state index contributed by atoms with van der Waals surface area (Å²) in [5.74, 6) is 2.19. The van der Waals surface area contributed by atoms with Crippen molar-refractivity contribution in [1.82, 2.24) is 19.1 Å². The molecule has 2 saturated heterocycles. The summed E-state index contributed by atoms with van der Waals surface area (Å²) in [5, 5.41) is 21.9. The summed E-state index contributed by atoms with van der Waals surface area (Å²) in [6.45, 7) is 10.9. The lowest BCUT2D eigenvalue weighted by Crippen LogP contribution is -2.38. The monoisotopic (exact) mass is 758 g/mol. The minimum absolute atomic E-state index is 0.218. The Morgan fingerprint density at radius 3 is 1.40 bits per heavy atom. The Hall–Kier alpha value is -5.58. The van der Waals surface area contributed by atoms with Crippen molar-refractivity contribution in [3.05, 3.63) is 81.2 Å². The van der Waals surface area contributed by atoms with Gasteiger partial charge in [-0.2, -0.15) is 0 Å². The van der Waals surface area contributed by atoms with Crippen molar-refractivity contribution in [2.24, 2.45) is 11.8 Å². The van der Waals surface area contributed by atoms with E-state index in [2.05, 4.69) is 44.0 Å². The minimum Gasteiger partial charge on any atom is -0.489 e. The van der Waals surface area contributed by atoms with E-state index in [0.717, 1.165) is 76.6 Å². The second kappa shape index (κ2) is 14.9. The molecule has 4 aromatic rings. The summed E-state index contributed by atoms with van der Waals surface area (Å²) in [7, 11) is 0. The molecule has 2 aromatic heterocycles. The van der Waals surface area contributed by atoms with Crippen molar-refractivity contribution in [3.8, 4) is 23.5 Å². The van der Waals surface area contributed by atoms with Gasteiger partial charge in [-0.1, -0.05) is 0 Å². The number of hydrogen-bond donors (Lipinski definition) is 0. The van der Waals surface area contributed by atoms with Crippen LogP contribution < -0.4 is 28.7 Å². The molecule has 2 aromatic carbocycles. The molecule has 4 aliphatic rings. The van der Waals surface area contributed by atoms with Gasteiger partial charge in [-0.3, -0.25) is 9.13 Å². The highest BCUT2D eigenvalue weighted by Crippen LogP contribution is 2.34. The second-order valence-corrected chi connectivity index (χ2v) is 15.6. The van der Waals surface area contributed by atoms with E-state index in [1.54, 1.807) is 9.13 Å². The van der Waals surface area contributed by atoms with E-state index >= 15 is 0 Å². The van der Waals surface area contributed by atoms with Crippen LogP contribution in [-0.2, 0) is 17.8 Å². The molecular weight excluding hydrogens is 712 g/mol. The summed E-state index contributed by atoms with van der Waals surface area (Å²) in [4.78, 5) is 33.6. The zero-order valence-corrected chi connectivity index (χ0v) is 31.1. The number of ether oxygens (including phenoxy) is 5. The maximum Gasteiger partial charge on any atom is 0.415 e. The van der Waals surface area contributed by atoms with Crippen LogP contribution in [0.1, 0.15) is 39.5 Å². The molecule has 8 rings (SSSR count). The van der Waals surface area contributed by atoms with Crippen molar-refractivity contribution >= 4 is 23.0 Å². The van der Waals surface area contributed by atoms with Crippen LogP contribution >= 0.6 is 0 Å². The van der Waals surface area contributed by atoms with Gasteiger partial charge in [0.25, 0.3) is 0 Å². The van der Waals surface area contributed by atoms with Gasteiger partial charge < -0.3 is 53.7 Å². The first-order valence-electron chi connectivity index (χ1n) is 18.8. The summed E-state index contributed by atoms with van der Waals surface area (Å²) in [5.41, 5.74) is 1.05. The van der Waals surface area contributed by atoms with E-state index in [4.69, 9.17) is 23.7 Å². The first-order valence-corrected chi connectivity index (χ1v) is 18.8. The Kier molecular flexibility index (Phi) is 9.88. The molecule has 0 amide bonds. The smallest absolute Gasteiger partial charge is 0.415 e. The van der Waals surface area contributed by atoms with Crippen LogP contribution in [-0.4, -0.2) is 92.8 Å². The molecule has 0 spiro atoms. The van der Waals surface area contributed by atoms with E-state index in [1.807, 2.05) is 38.1 Å². The average molecular weight is 759 g/mol. The first-order chi connectivity index (χ1) is 26.5.